The number of benzene rings is 3. The molecule has 0 amide bonds. The maximum absolute atomic E-state index is 12.8. The van der Waals surface area contributed by atoms with Gasteiger partial charge in [-0.1, -0.05) is 72.8 Å². The number of hydrogen-bond acceptors (Lipinski definition) is 3. The summed E-state index contributed by atoms with van der Waals surface area (Å²) in [6, 6.07) is 31.9. The lowest BCUT2D eigenvalue weighted by atomic mass is 10.0. The van der Waals surface area contributed by atoms with Crippen molar-refractivity contribution in [2.24, 2.45) is 0 Å². The third kappa shape index (κ3) is 8.27. The van der Waals surface area contributed by atoms with Crippen molar-refractivity contribution >= 4 is 7.60 Å². The number of hydrogen-bond donors (Lipinski definition) is 2. The molecule has 0 unspecified atom stereocenters. The molecule has 3 aromatic carbocycles. The monoisotopic (exact) mass is 668 g/mol. The van der Waals surface area contributed by atoms with Gasteiger partial charge >= 0.3 is 13.8 Å². The quantitative estimate of drug-likeness (QED) is 0.122. The summed E-state index contributed by atoms with van der Waals surface area (Å²) in [6.45, 7) is 1.93. The van der Waals surface area contributed by atoms with Crippen LogP contribution in [-0.4, -0.2) is 25.9 Å². The minimum Gasteiger partial charge on any atom is -0.324 e. The van der Waals surface area contributed by atoms with Crippen LogP contribution in [0.5, 0.6) is 0 Å². The smallest absolute Gasteiger partial charge is 0.324 e. The Morgan fingerprint density at radius 1 is 0.604 bits per heavy atom. The highest BCUT2D eigenvalue weighted by molar-refractivity contribution is 7.50. The fourth-order valence-corrected chi connectivity index (χ4v) is 6.05. The highest BCUT2D eigenvalue weighted by atomic mass is 31.2. The number of halogens is 3. The molecule has 0 fully saturated rings. The first-order valence-electron chi connectivity index (χ1n) is 15.2. The average molecular weight is 669 g/mol. The van der Waals surface area contributed by atoms with Crippen LogP contribution in [0.25, 0.3) is 56.2 Å². The molecule has 11 heteroatoms. The van der Waals surface area contributed by atoms with E-state index in [0.29, 0.717) is 28.3 Å². The van der Waals surface area contributed by atoms with Crippen molar-refractivity contribution in [1.82, 2.24) is 9.97 Å². The van der Waals surface area contributed by atoms with E-state index in [1.54, 1.807) is 36.4 Å². The summed E-state index contributed by atoms with van der Waals surface area (Å²) in [6.07, 6.45) is 2.26. The lowest BCUT2D eigenvalue weighted by Gasteiger charge is -2.11. The lowest BCUT2D eigenvalue weighted by Crippen LogP contribution is -2.40. The molecule has 3 aromatic heterocycles. The summed E-state index contributed by atoms with van der Waals surface area (Å²) in [5.41, 5.74) is 8.03. The minimum atomic E-state index is -4.30. The van der Waals surface area contributed by atoms with Crippen LogP contribution in [0.3, 0.4) is 0 Å². The normalized spacial score (nSPS) is 11.9. The number of aromatic nitrogens is 4. The summed E-state index contributed by atoms with van der Waals surface area (Å²) in [4.78, 5) is 28.5. The third-order valence-electron chi connectivity index (χ3n) is 7.86. The van der Waals surface area contributed by atoms with Crippen molar-refractivity contribution in [2.75, 3.05) is 0 Å². The standard InChI is InChI=1S/C37H30F3N4O3P/c1-2-43-19-15-29(16-20-43)27-7-11-31(12-8-27)34-23-35(42-36(41-34)33-5-3-26(4-6-33)24-48(45,46)47)32-13-9-28(10-14-32)30-17-21-44(22-18-30)25-37(38,39)40/h3-23H,2,24-25H2,1H3/p+2. The largest absolute Gasteiger partial charge is 0.448 e. The SMILES string of the molecule is CC[n+]1ccc(-c2ccc(-c3cc(-c4ccc(-c5cc[n+](CC(F)(F)F)cc5)cc4)nc(-c4ccc(CP(=O)(O)O)cc4)n3)cc2)cc1. The van der Waals surface area contributed by atoms with Crippen LogP contribution in [0, 0.1) is 0 Å². The van der Waals surface area contributed by atoms with E-state index < -0.39 is 20.3 Å². The second-order valence-corrected chi connectivity index (χ2v) is 13.1. The molecule has 6 aromatic rings. The van der Waals surface area contributed by atoms with Gasteiger partial charge in [0.25, 0.3) is 0 Å². The van der Waals surface area contributed by atoms with Gasteiger partial charge in [-0.25, -0.2) is 14.5 Å². The Morgan fingerprint density at radius 2 is 1.00 bits per heavy atom. The van der Waals surface area contributed by atoms with Crippen molar-refractivity contribution in [3.8, 4) is 56.2 Å². The molecule has 0 spiro atoms. The average Bonchev–Trinajstić information content (AvgIpc) is 3.07. The first-order valence-corrected chi connectivity index (χ1v) is 17.0. The second kappa shape index (κ2) is 13.6. The van der Waals surface area contributed by atoms with Gasteiger partial charge in [-0.3, -0.25) is 4.57 Å². The van der Waals surface area contributed by atoms with Crippen LogP contribution in [-0.2, 0) is 23.8 Å². The number of aryl methyl sites for hydroxylation is 1. The molecular formula is C37H32F3N4O3P+2. The van der Waals surface area contributed by atoms with E-state index in [9.17, 15) is 27.5 Å². The molecular weight excluding hydrogens is 636 g/mol. The van der Waals surface area contributed by atoms with Crippen LogP contribution < -0.4 is 9.13 Å². The lowest BCUT2D eigenvalue weighted by molar-refractivity contribution is -0.719. The van der Waals surface area contributed by atoms with E-state index >= 15 is 0 Å². The van der Waals surface area contributed by atoms with E-state index in [1.807, 2.05) is 67.0 Å². The number of alkyl halides is 3. The first kappa shape index (κ1) is 32.9. The molecule has 3 heterocycles. The van der Waals surface area contributed by atoms with Crippen molar-refractivity contribution in [3.63, 3.8) is 0 Å². The van der Waals surface area contributed by atoms with E-state index in [1.165, 1.54) is 12.4 Å². The summed E-state index contributed by atoms with van der Waals surface area (Å²) in [7, 11) is -4.22. The zero-order valence-electron chi connectivity index (χ0n) is 25.9. The van der Waals surface area contributed by atoms with Crippen molar-refractivity contribution in [1.29, 1.82) is 0 Å². The van der Waals surface area contributed by atoms with Crippen LogP contribution >= 0.6 is 7.60 Å². The fraction of sp³-hybridized carbons (Fsp3) is 0.135. The zero-order valence-corrected chi connectivity index (χ0v) is 26.8. The van der Waals surface area contributed by atoms with Crippen LogP contribution in [0.1, 0.15) is 12.5 Å². The summed E-state index contributed by atoms with van der Waals surface area (Å²) >= 11 is 0. The molecule has 2 N–H and O–H groups in total. The second-order valence-electron chi connectivity index (χ2n) is 11.4. The molecule has 48 heavy (non-hydrogen) atoms. The highest BCUT2D eigenvalue weighted by Gasteiger charge is 2.33. The first-order chi connectivity index (χ1) is 22.9. The van der Waals surface area contributed by atoms with Gasteiger partial charge in [0.2, 0.25) is 6.54 Å². The Kier molecular flexibility index (Phi) is 9.33. The number of rotatable bonds is 9. The van der Waals surface area contributed by atoms with Gasteiger partial charge in [0.15, 0.2) is 30.6 Å². The van der Waals surface area contributed by atoms with E-state index in [0.717, 1.165) is 44.5 Å². The molecule has 0 saturated carbocycles. The van der Waals surface area contributed by atoms with Gasteiger partial charge < -0.3 is 9.79 Å². The van der Waals surface area contributed by atoms with E-state index in [2.05, 4.69) is 23.6 Å². The molecule has 0 aliphatic heterocycles. The highest BCUT2D eigenvalue weighted by Crippen LogP contribution is 2.39. The molecule has 0 atom stereocenters. The Bertz CT molecular complexity index is 2060. The van der Waals surface area contributed by atoms with Gasteiger partial charge in [0, 0.05) is 41.0 Å². The predicted molar refractivity (Wildman–Crippen MR) is 177 cm³/mol. The Labute approximate surface area is 275 Å². The predicted octanol–water partition coefficient (Wildman–Crippen LogP) is 7.65. The number of nitrogens with zero attached hydrogens (tertiary/aromatic N) is 4. The summed E-state index contributed by atoms with van der Waals surface area (Å²) in [5, 5.41) is 0. The Hall–Kier alpha value is -5.02. The molecule has 0 bridgehead atoms. The summed E-state index contributed by atoms with van der Waals surface area (Å²) in [5.74, 6) is 0.447. The molecule has 0 radical (unpaired) electrons. The van der Waals surface area contributed by atoms with E-state index in [4.69, 9.17) is 9.97 Å². The Balaban J connectivity index is 1.34. The van der Waals surface area contributed by atoms with Crippen molar-refractivity contribution in [3.05, 3.63) is 133 Å². The zero-order chi connectivity index (χ0) is 33.9. The molecule has 242 valence electrons. The van der Waals surface area contributed by atoms with Crippen LogP contribution in [0.4, 0.5) is 13.2 Å². The van der Waals surface area contributed by atoms with Gasteiger partial charge in [-0.15, -0.1) is 0 Å². The Morgan fingerprint density at radius 3 is 1.42 bits per heavy atom. The van der Waals surface area contributed by atoms with Crippen LogP contribution in [0.2, 0.25) is 0 Å². The van der Waals surface area contributed by atoms with Gasteiger partial charge in [-0.2, -0.15) is 17.7 Å². The topological polar surface area (TPSA) is 91.1 Å². The molecule has 0 saturated heterocycles. The molecule has 6 rings (SSSR count). The maximum Gasteiger partial charge on any atom is 0.448 e. The molecule has 7 nitrogen and oxygen atoms in total. The van der Waals surface area contributed by atoms with Gasteiger partial charge in [0.05, 0.1) is 17.5 Å². The molecule has 0 aliphatic rings. The maximum atomic E-state index is 12.8. The van der Waals surface area contributed by atoms with Crippen molar-refractivity contribution in [2.45, 2.75) is 32.4 Å². The number of pyridine rings is 2. The summed E-state index contributed by atoms with van der Waals surface area (Å²) < 4.78 is 53.0. The minimum absolute atomic E-state index is 0.359. The third-order valence-corrected chi connectivity index (χ3v) is 8.64. The van der Waals surface area contributed by atoms with Gasteiger partial charge in [-0.05, 0) is 40.8 Å². The van der Waals surface area contributed by atoms with E-state index in [-0.39, 0.29) is 6.16 Å². The van der Waals surface area contributed by atoms with Crippen molar-refractivity contribution < 1.29 is 36.7 Å². The molecule has 0 aliphatic carbocycles. The fourth-order valence-electron chi connectivity index (χ4n) is 5.36. The van der Waals surface area contributed by atoms with Crippen LogP contribution in [0.15, 0.2) is 128 Å². The van der Waals surface area contributed by atoms with Gasteiger partial charge in [0.1, 0.15) is 6.54 Å².